The molecule has 0 bridgehead atoms. The van der Waals surface area contributed by atoms with Gasteiger partial charge in [0.05, 0.1) is 17.7 Å². The molecular formula is C17H17N3O3S. The molecule has 1 aliphatic heterocycles. The van der Waals surface area contributed by atoms with Crippen molar-refractivity contribution >= 4 is 33.0 Å². The molecule has 24 heavy (non-hydrogen) atoms. The van der Waals surface area contributed by atoms with Gasteiger partial charge in [-0.3, -0.25) is 14.5 Å². The number of benzene rings is 2. The number of rotatable bonds is 3. The van der Waals surface area contributed by atoms with E-state index in [9.17, 15) is 13.2 Å². The molecule has 1 heterocycles. The van der Waals surface area contributed by atoms with E-state index in [0.717, 1.165) is 11.8 Å². The summed E-state index contributed by atoms with van der Waals surface area (Å²) in [4.78, 5) is 18.2. The molecule has 3 rings (SSSR count). The molecule has 1 N–H and O–H groups in total. The first-order chi connectivity index (χ1) is 11.3. The highest BCUT2D eigenvalue weighted by Crippen LogP contribution is 2.29. The number of hydrogen-bond acceptors (Lipinski definition) is 4. The third kappa shape index (κ3) is 3.30. The molecule has 0 saturated carbocycles. The SMILES string of the molecule is CN1C(=O)CN=C(c2ccccc2)c2cc(NS(C)(=O)=O)ccc21. The molecule has 1 amide bonds. The number of anilines is 2. The first-order valence-corrected chi connectivity index (χ1v) is 9.23. The van der Waals surface area contributed by atoms with Crippen LogP contribution in [-0.4, -0.2) is 39.9 Å². The zero-order valence-electron chi connectivity index (χ0n) is 13.4. The Morgan fingerprint density at radius 3 is 2.50 bits per heavy atom. The average molecular weight is 343 g/mol. The van der Waals surface area contributed by atoms with E-state index in [1.807, 2.05) is 30.3 Å². The second-order valence-electron chi connectivity index (χ2n) is 5.59. The monoisotopic (exact) mass is 343 g/mol. The molecule has 0 aliphatic carbocycles. The summed E-state index contributed by atoms with van der Waals surface area (Å²) >= 11 is 0. The number of carbonyl (C=O) groups is 1. The van der Waals surface area contributed by atoms with Gasteiger partial charge in [-0.1, -0.05) is 30.3 Å². The lowest BCUT2D eigenvalue weighted by atomic mass is 10.00. The Kier molecular flexibility index (Phi) is 4.11. The van der Waals surface area contributed by atoms with Crippen LogP contribution in [0.4, 0.5) is 11.4 Å². The van der Waals surface area contributed by atoms with Crippen LogP contribution in [0.2, 0.25) is 0 Å². The summed E-state index contributed by atoms with van der Waals surface area (Å²) in [5.74, 6) is -0.119. The summed E-state index contributed by atoms with van der Waals surface area (Å²) < 4.78 is 25.5. The van der Waals surface area contributed by atoms with Crippen LogP contribution in [0, 0.1) is 0 Å². The number of aliphatic imine (C=N–C) groups is 1. The molecule has 0 atom stereocenters. The van der Waals surface area contributed by atoms with Gasteiger partial charge in [-0.15, -0.1) is 0 Å². The van der Waals surface area contributed by atoms with Crippen LogP contribution in [0.15, 0.2) is 53.5 Å². The van der Waals surface area contributed by atoms with Crippen LogP contribution in [0.25, 0.3) is 0 Å². The van der Waals surface area contributed by atoms with Gasteiger partial charge in [-0.2, -0.15) is 0 Å². The topological polar surface area (TPSA) is 78.8 Å². The van der Waals surface area contributed by atoms with Gasteiger partial charge in [0.25, 0.3) is 0 Å². The number of benzodiazepines with no additional fused rings is 1. The van der Waals surface area contributed by atoms with Gasteiger partial charge < -0.3 is 4.90 Å². The number of likely N-dealkylation sites (N-methyl/N-ethyl adjacent to an activating group) is 1. The fraction of sp³-hybridized carbons (Fsp3) is 0.176. The molecule has 2 aromatic carbocycles. The Morgan fingerprint density at radius 2 is 1.83 bits per heavy atom. The standard InChI is InChI=1S/C17H17N3O3S/c1-20-15-9-8-13(19-24(2,22)23)10-14(15)17(18-11-16(20)21)12-6-4-3-5-7-12/h3-10,19H,11H2,1-2H3. The van der Waals surface area contributed by atoms with Gasteiger partial charge in [-0.05, 0) is 18.2 Å². The fourth-order valence-electron chi connectivity index (χ4n) is 2.61. The Morgan fingerprint density at radius 1 is 1.12 bits per heavy atom. The van der Waals surface area contributed by atoms with E-state index in [2.05, 4.69) is 9.71 Å². The zero-order valence-corrected chi connectivity index (χ0v) is 14.2. The summed E-state index contributed by atoms with van der Waals surface area (Å²) in [7, 11) is -1.70. The minimum Gasteiger partial charge on any atom is -0.313 e. The summed E-state index contributed by atoms with van der Waals surface area (Å²) in [6, 6.07) is 14.6. The van der Waals surface area contributed by atoms with Crippen molar-refractivity contribution in [1.29, 1.82) is 0 Å². The number of hydrogen-bond donors (Lipinski definition) is 1. The summed E-state index contributed by atoms with van der Waals surface area (Å²) in [5, 5.41) is 0. The van der Waals surface area contributed by atoms with Crippen molar-refractivity contribution < 1.29 is 13.2 Å². The maximum Gasteiger partial charge on any atom is 0.248 e. The quantitative estimate of drug-likeness (QED) is 0.924. The molecular weight excluding hydrogens is 326 g/mol. The Hall–Kier alpha value is -2.67. The van der Waals surface area contributed by atoms with E-state index >= 15 is 0 Å². The number of nitrogens with zero attached hydrogens (tertiary/aromatic N) is 2. The Bertz CT molecular complexity index is 921. The highest BCUT2D eigenvalue weighted by atomic mass is 32.2. The number of carbonyl (C=O) groups excluding carboxylic acids is 1. The molecule has 0 aromatic heterocycles. The lowest BCUT2D eigenvalue weighted by Crippen LogP contribution is -2.27. The van der Waals surface area contributed by atoms with E-state index < -0.39 is 10.0 Å². The number of nitrogens with one attached hydrogen (secondary N) is 1. The average Bonchev–Trinajstić information content (AvgIpc) is 2.65. The maximum absolute atomic E-state index is 12.2. The largest absolute Gasteiger partial charge is 0.313 e. The van der Waals surface area contributed by atoms with Crippen LogP contribution in [0.1, 0.15) is 11.1 Å². The first kappa shape index (κ1) is 16.2. The third-order valence-corrected chi connectivity index (χ3v) is 4.32. The molecule has 2 aromatic rings. The van der Waals surface area contributed by atoms with Gasteiger partial charge >= 0.3 is 0 Å². The maximum atomic E-state index is 12.2. The van der Waals surface area contributed by atoms with Crippen LogP contribution < -0.4 is 9.62 Å². The molecule has 124 valence electrons. The van der Waals surface area contributed by atoms with Crippen molar-refractivity contribution in [3.05, 3.63) is 59.7 Å². The molecule has 0 saturated heterocycles. The molecule has 0 spiro atoms. The number of fused-ring (bicyclic) bond motifs is 1. The highest BCUT2D eigenvalue weighted by molar-refractivity contribution is 7.92. The van der Waals surface area contributed by atoms with Crippen molar-refractivity contribution in [2.45, 2.75) is 0 Å². The minimum atomic E-state index is -3.39. The van der Waals surface area contributed by atoms with Crippen molar-refractivity contribution in [3.63, 3.8) is 0 Å². The van der Waals surface area contributed by atoms with Crippen molar-refractivity contribution in [2.24, 2.45) is 4.99 Å². The summed E-state index contributed by atoms with van der Waals surface area (Å²) in [6.07, 6.45) is 1.10. The number of sulfonamides is 1. The van der Waals surface area contributed by atoms with E-state index in [1.54, 1.807) is 30.1 Å². The normalized spacial score (nSPS) is 14.7. The fourth-order valence-corrected chi connectivity index (χ4v) is 3.17. The lowest BCUT2D eigenvalue weighted by molar-refractivity contribution is -0.116. The van der Waals surface area contributed by atoms with Crippen molar-refractivity contribution in [2.75, 3.05) is 29.5 Å². The van der Waals surface area contributed by atoms with Crippen molar-refractivity contribution in [1.82, 2.24) is 0 Å². The molecule has 1 aliphatic rings. The predicted molar refractivity (Wildman–Crippen MR) is 95.3 cm³/mol. The molecule has 0 fully saturated rings. The summed E-state index contributed by atoms with van der Waals surface area (Å²) in [5.41, 5.74) is 3.38. The lowest BCUT2D eigenvalue weighted by Gasteiger charge is -2.19. The third-order valence-electron chi connectivity index (χ3n) is 3.71. The van der Waals surface area contributed by atoms with Crippen LogP contribution in [0.3, 0.4) is 0 Å². The summed E-state index contributed by atoms with van der Waals surface area (Å²) in [6.45, 7) is 0.0459. The first-order valence-electron chi connectivity index (χ1n) is 7.34. The molecule has 7 heteroatoms. The molecule has 6 nitrogen and oxygen atoms in total. The second-order valence-corrected chi connectivity index (χ2v) is 7.34. The van der Waals surface area contributed by atoms with Crippen LogP contribution in [-0.2, 0) is 14.8 Å². The van der Waals surface area contributed by atoms with Gasteiger partial charge in [0, 0.05) is 23.9 Å². The van der Waals surface area contributed by atoms with Crippen LogP contribution >= 0.6 is 0 Å². The van der Waals surface area contributed by atoms with E-state index in [1.165, 1.54) is 0 Å². The van der Waals surface area contributed by atoms with E-state index in [0.29, 0.717) is 22.6 Å². The van der Waals surface area contributed by atoms with Gasteiger partial charge in [-0.25, -0.2) is 8.42 Å². The number of amides is 1. The second kappa shape index (κ2) is 6.09. The van der Waals surface area contributed by atoms with Gasteiger partial charge in [0.2, 0.25) is 15.9 Å². The van der Waals surface area contributed by atoms with E-state index in [4.69, 9.17) is 0 Å². The Labute approximate surface area is 140 Å². The zero-order chi connectivity index (χ0) is 17.3. The molecule has 0 radical (unpaired) electrons. The van der Waals surface area contributed by atoms with Gasteiger partial charge in [0.15, 0.2) is 0 Å². The van der Waals surface area contributed by atoms with E-state index in [-0.39, 0.29) is 12.5 Å². The van der Waals surface area contributed by atoms with Crippen molar-refractivity contribution in [3.8, 4) is 0 Å². The smallest absolute Gasteiger partial charge is 0.248 e. The predicted octanol–water partition coefficient (Wildman–Crippen LogP) is 1.87. The van der Waals surface area contributed by atoms with Crippen LogP contribution in [0.5, 0.6) is 0 Å². The molecule has 0 unspecified atom stereocenters. The minimum absolute atomic E-state index is 0.0459. The van der Waals surface area contributed by atoms with Gasteiger partial charge in [0.1, 0.15) is 6.54 Å². The Balaban J connectivity index is 2.18. The highest BCUT2D eigenvalue weighted by Gasteiger charge is 2.23.